The van der Waals surface area contributed by atoms with Crippen LogP contribution in [-0.4, -0.2) is 130 Å². The number of fused-ring (bicyclic) bond motifs is 1. The van der Waals surface area contributed by atoms with Crippen LogP contribution in [0, 0.1) is 0 Å². The molecular weight excluding hydrogens is 564 g/mol. The molecule has 0 bridgehead atoms. The second-order valence-corrected chi connectivity index (χ2v) is 10.2. The number of aromatic hydroxyl groups is 4. The molecule has 15 heteroatoms. The number of aliphatic hydroxyl groups is 8. The maximum Gasteiger partial charge on any atom is 0.270 e. The second kappa shape index (κ2) is 12.2. The summed E-state index contributed by atoms with van der Waals surface area (Å²) in [4.78, 5) is 0. The van der Waals surface area contributed by atoms with Gasteiger partial charge in [-0.2, -0.15) is 0 Å². The minimum absolute atomic E-state index is 0.0156. The van der Waals surface area contributed by atoms with Gasteiger partial charge in [0.2, 0.25) is 6.29 Å². The van der Waals surface area contributed by atoms with Crippen LogP contribution in [0.2, 0.25) is 0 Å². The molecule has 2 fully saturated rings. The van der Waals surface area contributed by atoms with Crippen LogP contribution in [0.4, 0.5) is 0 Å². The lowest BCUT2D eigenvalue weighted by Gasteiger charge is -2.46. The van der Waals surface area contributed by atoms with Crippen molar-refractivity contribution in [3.05, 3.63) is 53.3 Å². The molecule has 5 rings (SSSR count). The van der Waals surface area contributed by atoms with Gasteiger partial charge in [0.05, 0.1) is 24.8 Å². The average Bonchev–Trinajstić information content (AvgIpc) is 2.97. The fourth-order valence-electron chi connectivity index (χ4n) is 5.05. The molecule has 2 saturated heterocycles. The fourth-order valence-corrected chi connectivity index (χ4v) is 5.05. The smallest absolute Gasteiger partial charge is 0.270 e. The van der Waals surface area contributed by atoms with Gasteiger partial charge in [-0.25, -0.2) is 0 Å². The normalized spacial score (nSPS) is 36.5. The lowest BCUT2D eigenvalue weighted by atomic mass is 9.97. The molecule has 3 aliphatic heterocycles. The Morgan fingerprint density at radius 3 is 1.98 bits per heavy atom. The largest absolute Gasteiger partial charge is 0.571 e. The zero-order valence-corrected chi connectivity index (χ0v) is 21.9. The Labute approximate surface area is 238 Å². The van der Waals surface area contributed by atoms with Crippen molar-refractivity contribution in [2.75, 3.05) is 13.2 Å². The maximum absolute atomic E-state index is 11.0. The van der Waals surface area contributed by atoms with Crippen molar-refractivity contribution in [3.63, 3.8) is 0 Å². The number of hydrogen-bond donors (Lipinski definition) is 10. The van der Waals surface area contributed by atoms with Gasteiger partial charge in [0, 0.05) is 12.1 Å². The SMILES string of the molecule is OCC1OC(OC2C(OC3=Cc4c(O)cc(O)cc4[OH+]C3c3ccc(O)cc3)OC(CO)C(O)C2O)C(O)C(O)C1O. The predicted molar refractivity (Wildman–Crippen MR) is 138 cm³/mol. The first-order chi connectivity index (χ1) is 20.0. The van der Waals surface area contributed by atoms with E-state index in [1.807, 2.05) is 0 Å². The van der Waals surface area contributed by atoms with Crippen molar-refractivity contribution in [2.24, 2.45) is 0 Å². The van der Waals surface area contributed by atoms with Crippen molar-refractivity contribution in [2.45, 2.75) is 67.5 Å². The van der Waals surface area contributed by atoms with Gasteiger partial charge in [0.1, 0.15) is 65.5 Å². The standard InChI is InChI=1S/C27H32O15/c28-8-17-19(33)21(35)23(37)26(40-17)42-25-22(36)20(34)18(9-29)41-27(25)39-16-7-13-14(32)5-12(31)6-15(13)38-24(16)10-1-3-11(30)4-2-10/h1-7,17-37H,8-9H2/p+1. The molecule has 3 aliphatic rings. The lowest BCUT2D eigenvalue weighted by molar-refractivity contribution is -0.364. The molecule has 42 heavy (non-hydrogen) atoms. The van der Waals surface area contributed by atoms with Gasteiger partial charge in [-0.05, 0) is 24.3 Å². The number of aliphatic hydroxyl groups excluding tert-OH is 7. The fraction of sp³-hybridized carbons (Fsp3) is 0.481. The summed E-state index contributed by atoms with van der Waals surface area (Å²) < 4.78 is 27.5. The highest BCUT2D eigenvalue weighted by atomic mass is 16.8. The van der Waals surface area contributed by atoms with Crippen LogP contribution in [0.25, 0.3) is 6.08 Å². The van der Waals surface area contributed by atoms with Gasteiger partial charge in [0.25, 0.3) is 11.9 Å². The Morgan fingerprint density at radius 1 is 0.714 bits per heavy atom. The van der Waals surface area contributed by atoms with E-state index in [1.165, 1.54) is 24.3 Å². The van der Waals surface area contributed by atoms with Crippen LogP contribution in [0.5, 0.6) is 23.0 Å². The molecule has 230 valence electrons. The van der Waals surface area contributed by atoms with E-state index in [0.29, 0.717) is 5.56 Å². The van der Waals surface area contributed by atoms with Crippen LogP contribution in [0.15, 0.2) is 42.2 Å². The van der Waals surface area contributed by atoms with E-state index >= 15 is 0 Å². The highest BCUT2D eigenvalue weighted by Crippen LogP contribution is 2.45. The molecule has 0 saturated carbocycles. The van der Waals surface area contributed by atoms with E-state index in [4.69, 9.17) is 18.9 Å². The molecule has 11 unspecified atom stereocenters. The van der Waals surface area contributed by atoms with E-state index in [1.54, 1.807) is 12.1 Å². The minimum atomic E-state index is -1.85. The van der Waals surface area contributed by atoms with E-state index < -0.39 is 80.7 Å². The molecule has 2 aromatic carbocycles. The zero-order chi connectivity index (χ0) is 30.3. The second-order valence-electron chi connectivity index (χ2n) is 10.2. The molecule has 0 amide bonds. The van der Waals surface area contributed by atoms with Gasteiger partial charge in [0.15, 0.2) is 18.2 Å². The van der Waals surface area contributed by atoms with Gasteiger partial charge < -0.3 is 74.7 Å². The van der Waals surface area contributed by atoms with Crippen LogP contribution >= 0.6 is 0 Å². The molecule has 0 aromatic heterocycles. The third kappa shape index (κ3) is 5.71. The highest BCUT2D eigenvalue weighted by molar-refractivity contribution is 5.69. The predicted octanol–water partition coefficient (Wildman–Crippen LogP) is -2.22. The van der Waals surface area contributed by atoms with Crippen LogP contribution in [0.3, 0.4) is 0 Å². The number of rotatable bonds is 7. The first-order valence-electron chi connectivity index (χ1n) is 13.0. The monoisotopic (exact) mass is 597 g/mol. The number of phenols is 3. The molecule has 11 atom stereocenters. The molecule has 0 spiro atoms. The maximum atomic E-state index is 11.0. The Hall–Kier alpha value is -3.22. The molecule has 3 heterocycles. The van der Waals surface area contributed by atoms with E-state index in [0.717, 1.165) is 6.07 Å². The van der Waals surface area contributed by atoms with Gasteiger partial charge in [-0.3, -0.25) is 0 Å². The number of phenolic OH excluding ortho intramolecular Hbond substituents is 3. The van der Waals surface area contributed by atoms with Crippen LogP contribution in [-0.2, 0) is 18.9 Å². The average molecular weight is 598 g/mol. The molecule has 0 radical (unpaired) electrons. The molecule has 15 nitrogen and oxygen atoms in total. The summed E-state index contributed by atoms with van der Waals surface area (Å²) in [6, 6.07) is 8.32. The van der Waals surface area contributed by atoms with Gasteiger partial charge in [-0.1, -0.05) is 0 Å². The Kier molecular flexibility index (Phi) is 8.77. The van der Waals surface area contributed by atoms with E-state index in [9.17, 15) is 51.1 Å². The van der Waals surface area contributed by atoms with Gasteiger partial charge in [-0.15, -0.1) is 0 Å². The summed E-state index contributed by atoms with van der Waals surface area (Å²) in [6.07, 6.45) is -16.1. The summed E-state index contributed by atoms with van der Waals surface area (Å²) in [5, 5.41) is 102. The topological polar surface area (TPSA) is 252 Å². The van der Waals surface area contributed by atoms with Crippen molar-refractivity contribution >= 4 is 6.08 Å². The Morgan fingerprint density at radius 2 is 1.33 bits per heavy atom. The number of benzene rings is 2. The minimum Gasteiger partial charge on any atom is -0.571 e. The first kappa shape index (κ1) is 30.2. The molecular formula is C27H33O15+. The molecule has 11 N–H and O–H groups in total. The Balaban J connectivity index is 1.50. The summed E-state index contributed by atoms with van der Waals surface area (Å²) in [7, 11) is 0. The quantitative estimate of drug-likeness (QED) is 0.152. The number of ether oxygens (including phenoxy) is 5. The third-order valence-electron chi connectivity index (χ3n) is 7.37. The number of hydrogen-bond acceptors (Lipinski definition) is 14. The van der Waals surface area contributed by atoms with Crippen LogP contribution in [0.1, 0.15) is 17.2 Å². The van der Waals surface area contributed by atoms with Gasteiger partial charge >= 0.3 is 0 Å². The van der Waals surface area contributed by atoms with Crippen molar-refractivity contribution in [3.8, 4) is 23.0 Å². The molecule has 0 aliphatic carbocycles. The summed E-state index contributed by atoms with van der Waals surface area (Å²) in [6.45, 7) is -1.48. The zero-order valence-electron chi connectivity index (χ0n) is 21.9. The van der Waals surface area contributed by atoms with Crippen molar-refractivity contribution in [1.82, 2.24) is 0 Å². The van der Waals surface area contributed by atoms with Crippen LogP contribution < -0.4 is 0 Å². The summed E-state index contributed by atoms with van der Waals surface area (Å²) >= 11 is 0. The summed E-state index contributed by atoms with van der Waals surface area (Å²) in [5.41, 5.74) is 0.661. The third-order valence-corrected chi connectivity index (χ3v) is 7.37. The molecule has 2 aromatic rings. The van der Waals surface area contributed by atoms with Crippen molar-refractivity contribution in [1.29, 1.82) is 0 Å². The lowest BCUT2D eigenvalue weighted by Crippen LogP contribution is -2.64. The highest BCUT2D eigenvalue weighted by Gasteiger charge is 2.52. The van der Waals surface area contributed by atoms with E-state index in [-0.39, 0.29) is 34.3 Å². The van der Waals surface area contributed by atoms with E-state index in [2.05, 4.69) is 4.74 Å². The van der Waals surface area contributed by atoms with Crippen molar-refractivity contribution < 1.29 is 74.7 Å². The first-order valence-corrected chi connectivity index (χ1v) is 13.0. The Bertz CT molecular complexity index is 1270. The summed E-state index contributed by atoms with van der Waals surface area (Å²) in [5.74, 6) is -0.379.